The summed E-state index contributed by atoms with van der Waals surface area (Å²) in [6.07, 6.45) is 2.77. The van der Waals surface area contributed by atoms with Gasteiger partial charge in [0, 0.05) is 45.0 Å². The third-order valence-corrected chi connectivity index (χ3v) is 4.29. The largest absolute Gasteiger partial charge is 0.326 e. The summed E-state index contributed by atoms with van der Waals surface area (Å²) in [5.74, 6) is 0.921. The molecular weight excluding hydrogens is 264 g/mol. The van der Waals surface area contributed by atoms with Crippen LogP contribution in [0, 0.1) is 5.92 Å². The maximum absolute atomic E-state index is 12.3. The second kappa shape index (κ2) is 6.45. The summed E-state index contributed by atoms with van der Waals surface area (Å²) in [4.78, 5) is 16.7. The molecule has 114 valence electrons. The first-order valence-electron chi connectivity index (χ1n) is 7.82. The Morgan fingerprint density at radius 3 is 2.67 bits per heavy atom. The molecule has 1 aliphatic heterocycles. The second-order valence-corrected chi connectivity index (χ2v) is 6.07. The number of carbonyl (C=O) groups excluding carboxylic acids is 1. The summed E-state index contributed by atoms with van der Waals surface area (Å²) in [5, 5.41) is 2.97. The van der Waals surface area contributed by atoms with E-state index in [9.17, 15) is 4.79 Å². The van der Waals surface area contributed by atoms with Crippen LogP contribution in [0.4, 0.5) is 10.5 Å². The summed E-state index contributed by atoms with van der Waals surface area (Å²) in [7, 11) is 0. The topological polar surface area (TPSA) is 61.6 Å². The van der Waals surface area contributed by atoms with Crippen LogP contribution < -0.4 is 11.1 Å². The number of urea groups is 1. The lowest BCUT2D eigenvalue weighted by Gasteiger charge is -2.34. The van der Waals surface area contributed by atoms with E-state index in [2.05, 4.69) is 10.2 Å². The number of rotatable bonds is 4. The maximum atomic E-state index is 12.3. The monoisotopic (exact) mass is 288 g/mol. The predicted octanol–water partition coefficient (Wildman–Crippen LogP) is 1.70. The van der Waals surface area contributed by atoms with Gasteiger partial charge in [0.15, 0.2) is 0 Å². The van der Waals surface area contributed by atoms with Gasteiger partial charge >= 0.3 is 6.03 Å². The molecule has 1 aliphatic carbocycles. The Balaban J connectivity index is 1.49. The molecule has 1 saturated carbocycles. The summed E-state index contributed by atoms with van der Waals surface area (Å²) in [6.45, 7) is 5.32. The third kappa shape index (κ3) is 3.95. The highest BCUT2D eigenvalue weighted by Crippen LogP contribution is 2.29. The fraction of sp³-hybridized carbons (Fsp3) is 0.562. The first-order valence-corrected chi connectivity index (χ1v) is 7.82. The normalized spacial score (nSPS) is 19.6. The molecule has 0 atom stereocenters. The van der Waals surface area contributed by atoms with E-state index in [0.717, 1.165) is 43.3 Å². The zero-order valence-corrected chi connectivity index (χ0v) is 12.4. The van der Waals surface area contributed by atoms with Gasteiger partial charge in [-0.3, -0.25) is 4.90 Å². The molecule has 1 heterocycles. The molecule has 2 aliphatic rings. The van der Waals surface area contributed by atoms with Crippen molar-refractivity contribution in [3.8, 4) is 0 Å². The van der Waals surface area contributed by atoms with Crippen molar-refractivity contribution in [1.82, 2.24) is 9.80 Å². The molecule has 0 radical (unpaired) electrons. The standard InChI is InChI=1S/C16H24N4O/c17-11-14-2-1-3-15(10-14)18-16(21)20-8-6-19(7-9-20)12-13-4-5-13/h1-3,10,13H,4-9,11-12,17H2,(H,18,21). The van der Waals surface area contributed by atoms with Gasteiger partial charge in [-0.2, -0.15) is 0 Å². The molecule has 2 fully saturated rings. The maximum Gasteiger partial charge on any atom is 0.321 e. The highest BCUT2D eigenvalue weighted by molar-refractivity contribution is 5.89. The van der Waals surface area contributed by atoms with Crippen molar-refractivity contribution in [2.24, 2.45) is 11.7 Å². The lowest BCUT2D eigenvalue weighted by atomic mass is 10.2. The minimum atomic E-state index is -0.00440. The van der Waals surface area contributed by atoms with Crippen LogP contribution in [0.15, 0.2) is 24.3 Å². The van der Waals surface area contributed by atoms with Crippen LogP contribution >= 0.6 is 0 Å². The number of amides is 2. The highest BCUT2D eigenvalue weighted by atomic mass is 16.2. The predicted molar refractivity (Wildman–Crippen MR) is 84.1 cm³/mol. The van der Waals surface area contributed by atoms with Gasteiger partial charge in [-0.05, 0) is 36.5 Å². The summed E-state index contributed by atoms with van der Waals surface area (Å²) < 4.78 is 0. The number of piperazine rings is 1. The van der Waals surface area contributed by atoms with Crippen molar-refractivity contribution in [2.75, 3.05) is 38.0 Å². The molecule has 0 spiro atoms. The summed E-state index contributed by atoms with van der Waals surface area (Å²) in [6, 6.07) is 7.72. The SMILES string of the molecule is NCc1cccc(NC(=O)N2CCN(CC3CC3)CC2)c1. The van der Waals surface area contributed by atoms with Crippen LogP contribution in [-0.2, 0) is 6.54 Å². The molecular formula is C16H24N4O. The van der Waals surface area contributed by atoms with Crippen LogP contribution in [0.5, 0.6) is 0 Å². The molecule has 0 bridgehead atoms. The molecule has 5 nitrogen and oxygen atoms in total. The lowest BCUT2D eigenvalue weighted by molar-refractivity contribution is 0.144. The second-order valence-electron chi connectivity index (χ2n) is 6.07. The first kappa shape index (κ1) is 14.4. The van der Waals surface area contributed by atoms with Gasteiger partial charge < -0.3 is 16.0 Å². The average molecular weight is 288 g/mol. The van der Waals surface area contributed by atoms with E-state index in [1.165, 1.54) is 19.4 Å². The Labute approximate surface area is 126 Å². The smallest absolute Gasteiger partial charge is 0.321 e. The Morgan fingerprint density at radius 1 is 1.24 bits per heavy atom. The Hall–Kier alpha value is -1.59. The molecule has 3 rings (SSSR count). The van der Waals surface area contributed by atoms with Crippen molar-refractivity contribution >= 4 is 11.7 Å². The molecule has 3 N–H and O–H groups in total. The molecule has 1 aromatic carbocycles. The molecule has 5 heteroatoms. The average Bonchev–Trinajstić information content (AvgIpc) is 3.32. The Kier molecular flexibility index (Phi) is 4.41. The van der Waals surface area contributed by atoms with Crippen LogP contribution in [0.2, 0.25) is 0 Å². The fourth-order valence-corrected chi connectivity index (χ4v) is 2.78. The molecule has 1 aromatic rings. The van der Waals surface area contributed by atoms with Crippen molar-refractivity contribution in [3.05, 3.63) is 29.8 Å². The van der Waals surface area contributed by atoms with E-state index < -0.39 is 0 Å². The number of benzene rings is 1. The van der Waals surface area contributed by atoms with Gasteiger partial charge in [0.2, 0.25) is 0 Å². The van der Waals surface area contributed by atoms with Gasteiger partial charge in [0.1, 0.15) is 0 Å². The molecule has 0 aromatic heterocycles. The molecule has 21 heavy (non-hydrogen) atoms. The van der Waals surface area contributed by atoms with E-state index in [-0.39, 0.29) is 6.03 Å². The van der Waals surface area contributed by atoms with Crippen LogP contribution in [0.3, 0.4) is 0 Å². The quantitative estimate of drug-likeness (QED) is 0.886. The van der Waals surface area contributed by atoms with E-state index in [0.29, 0.717) is 6.54 Å². The van der Waals surface area contributed by atoms with Crippen LogP contribution in [0.25, 0.3) is 0 Å². The number of nitrogens with two attached hydrogens (primary N) is 1. The first-order chi connectivity index (χ1) is 10.2. The number of anilines is 1. The number of hydrogen-bond donors (Lipinski definition) is 2. The number of hydrogen-bond acceptors (Lipinski definition) is 3. The van der Waals surface area contributed by atoms with Gasteiger partial charge in [-0.15, -0.1) is 0 Å². The number of nitrogens with zero attached hydrogens (tertiary/aromatic N) is 2. The number of carbonyl (C=O) groups is 1. The minimum absolute atomic E-state index is 0.00440. The van der Waals surface area contributed by atoms with E-state index in [1.807, 2.05) is 29.2 Å². The fourth-order valence-electron chi connectivity index (χ4n) is 2.78. The molecule has 0 unspecified atom stereocenters. The summed E-state index contributed by atoms with van der Waals surface area (Å²) in [5.41, 5.74) is 7.48. The van der Waals surface area contributed by atoms with Crippen molar-refractivity contribution < 1.29 is 4.79 Å². The Morgan fingerprint density at radius 2 is 2.00 bits per heavy atom. The zero-order valence-electron chi connectivity index (χ0n) is 12.4. The lowest BCUT2D eigenvalue weighted by Crippen LogP contribution is -2.50. The van der Waals surface area contributed by atoms with Crippen LogP contribution in [0.1, 0.15) is 18.4 Å². The Bertz CT molecular complexity index is 493. The van der Waals surface area contributed by atoms with E-state index in [4.69, 9.17) is 5.73 Å². The van der Waals surface area contributed by atoms with Gasteiger partial charge in [-0.25, -0.2) is 4.79 Å². The van der Waals surface area contributed by atoms with E-state index in [1.54, 1.807) is 0 Å². The van der Waals surface area contributed by atoms with Crippen molar-refractivity contribution in [1.29, 1.82) is 0 Å². The summed E-state index contributed by atoms with van der Waals surface area (Å²) >= 11 is 0. The highest BCUT2D eigenvalue weighted by Gasteiger charge is 2.27. The zero-order chi connectivity index (χ0) is 14.7. The third-order valence-electron chi connectivity index (χ3n) is 4.29. The van der Waals surface area contributed by atoms with Gasteiger partial charge in [-0.1, -0.05) is 12.1 Å². The van der Waals surface area contributed by atoms with E-state index >= 15 is 0 Å². The van der Waals surface area contributed by atoms with Gasteiger partial charge in [0.05, 0.1) is 0 Å². The van der Waals surface area contributed by atoms with Crippen molar-refractivity contribution in [3.63, 3.8) is 0 Å². The van der Waals surface area contributed by atoms with Crippen LogP contribution in [-0.4, -0.2) is 48.6 Å². The number of nitrogens with one attached hydrogen (secondary N) is 1. The minimum Gasteiger partial charge on any atom is -0.326 e. The molecule has 2 amide bonds. The molecule has 1 saturated heterocycles. The van der Waals surface area contributed by atoms with Gasteiger partial charge in [0.25, 0.3) is 0 Å². The van der Waals surface area contributed by atoms with Crippen molar-refractivity contribution in [2.45, 2.75) is 19.4 Å².